The van der Waals surface area contributed by atoms with E-state index < -0.39 is 0 Å². The fraction of sp³-hybridized carbons (Fsp3) is 0.250. The lowest BCUT2D eigenvalue weighted by Crippen LogP contribution is -1.97. The molecule has 0 saturated carbocycles. The minimum Gasteiger partial charge on any atom is -0.482 e. The first-order valence-corrected chi connectivity index (χ1v) is 7.67. The number of para-hydroxylation sites is 1. The lowest BCUT2D eigenvalue weighted by molar-refractivity contribution is 0.299. The van der Waals surface area contributed by atoms with E-state index in [0.29, 0.717) is 17.9 Å². The monoisotopic (exact) mass is 298 g/mol. The maximum atomic E-state index is 9.15. The number of benzene rings is 1. The third kappa shape index (κ3) is 2.76. The summed E-state index contributed by atoms with van der Waals surface area (Å²) in [5, 5.41) is 13.1. The summed E-state index contributed by atoms with van der Waals surface area (Å²) in [5.41, 5.74) is 1.55. The lowest BCUT2D eigenvalue weighted by atomic mass is 10.2. The van der Waals surface area contributed by atoms with Gasteiger partial charge in [0.05, 0.1) is 16.1 Å². The molecule has 0 aliphatic carbocycles. The Morgan fingerprint density at radius 1 is 1.38 bits per heavy atom. The minimum absolute atomic E-state index is 0.209. The fourth-order valence-electron chi connectivity index (χ4n) is 2.13. The number of rotatable bonds is 5. The van der Waals surface area contributed by atoms with Crippen LogP contribution < -0.4 is 4.74 Å². The molecular formula is C16H14N2O2S. The smallest absolute Gasteiger partial charge is 0.246 e. The predicted octanol–water partition coefficient (Wildman–Crippen LogP) is 4.29. The highest BCUT2D eigenvalue weighted by atomic mass is 32.1. The maximum absolute atomic E-state index is 9.15. The molecule has 4 nitrogen and oxygen atoms in total. The van der Waals surface area contributed by atoms with Crippen molar-refractivity contribution in [1.29, 1.82) is 5.26 Å². The van der Waals surface area contributed by atoms with Gasteiger partial charge >= 0.3 is 0 Å². The van der Waals surface area contributed by atoms with E-state index in [1.165, 1.54) is 0 Å². The van der Waals surface area contributed by atoms with Crippen LogP contribution in [0.15, 0.2) is 34.1 Å². The van der Waals surface area contributed by atoms with Crippen LogP contribution >= 0.6 is 11.3 Å². The third-order valence-electron chi connectivity index (χ3n) is 3.08. The number of hydrogen-bond acceptors (Lipinski definition) is 5. The molecule has 0 saturated heterocycles. The van der Waals surface area contributed by atoms with Crippen molar-refractivity contribution in [2.24, 2.45) is 0 Å². The van der Waals surface area contributed by atoms with E-state index in [-0.39, 0.29) is 5.76 Å². The zero-order valence-corrected chi connectivity index (χ0v) is 12.4. The summed E-state index contributed by atoms with van der Waals surface area (Å²) in [5.74, 6) is 0.707. The van der Waals surface area contributed by atoms with Gasteiger partial charge in [0.2, 0.25) is 5.76 Å². The number of aryl methyl sites for hydroxylation is 1. The van der Waals surface area contributed by atoms with Crippen molar-refractivity contribution in [3.05, 3.63) is 46.1 Å². The van der Waals surface area contributed by atoms with E-state index in [0.717, 1.165) is 28.9 Å². The van der Waals surface area contributed by atoms with E-state index in [4.69, 9.17) is 14.4 Å². The Hall–Kier alpha value is -2.32. The van der Waals surface area contributed by atoms with Crippen molar-refractivity contribution in [2.75, 3.05) is 0 Å². The molecule has 0 amide bonds. The Labute approximate surface area is 126 Å². The first-order chi connectivity index (χ1) is 10.3. The van der Waals surface area contributed by atoms with Crippen LogP contribution in [0.4, 0.5) is 0 Å². The predicted molar refractivity (Wildman–Crippen MR) is 81.4 cm³/mol. The molecule has 0 fully saturated rings. The summed E-state index contributed by atoms with van der Waals surface area (Å²) in [6.07, 6.45) is 2.07. The maximum Gasteiger partial charge on any atom is 0.246 e. The van der Waals surface area contributed by atoms with Crippen LogP contribution in [0.1, 0.15) is 29.8 Å². The Morgan fingerprint density at radius 3 is 3.05 bits per heavy atom. The molecule has 0 spiro atoms. The van der Waals surface area contributed by atoms with Crippen LogP contribution in [0, 0.1) is 11.3 Å². The van der Waals surface area contributed by atoms with E-state index in [1.54, 1.807) is 11.3 Å². The van der Waals surface area contributed by atoms with Gasteiger partial charge in [-0.15, -0.1) is 11.3 Å². The lowest BCUT2D eigenvalue weighted by Gasteiger charge is -2.02. The summed E-state index contributed by atoms with van der Waals surface area (Å²) >= 11 is 1.65. The molecule has 0 bridgehead atoms. The first-order valence-electron chi connectivity index (χ1n) is 6.79. The Balaban J connectivity index is 1.82. The number of nitrogens with zero attached hydrogens (tertiary/aromatic N) is 2. The van der Waals surface area contributed by atoms with Crippen molar-refractivity contribution in [2.45, 2.75) is 26.4 Å². The van der Waals surface area contributed by atoms with Crippen LogP contribution in [0.25, 0.3) is 11.0 Å². The van der Waals surface area contributed by atoms with Crippen LogP contribution in [0.5, 0.6) is 5.75 Å². The van der Waals surface area contributed by atoms with Crippen molar-refractivity contribution in [3.63, 3.8) is 0 Å². The number of fused-ring (bicyclic) bond motifs is 1. The molecule has 3 rings (SSSR count). The van der Waals surface area contributed by atoms with Gasteiger partial charge in [-0.25, -0.2) is 4.98 Å². The van der Waals surface area contributed by atoms with Crippen molar-refractivity contribution < 1.29 is 9.15 Å². The van der Waals surface area contributed by atoms with E-state index in [9.17, 15) is 0 Å². The Bertz CT molecular complexity index is 798. The van der Waals surface area contributed by atoms with Crippen LogP contribution in [0.2, 0.25) is 0 Å². The molecule has 0 unspecified atom stereocenters. The van der Waals surface area contributed by atoms with Crippen molar-refractivity contribution >= 4 is 22.3 Å². The van der Waals surface area contributed by atoms with Gasteiger partial charge in [0, 0.05) is 5.38 Å². The first kappa shape index (κ1) is 13.7. The number of nitriles is 1. The fourth-order valence-corrected chi connectivity index (χ4v) is 3.01. The molecule has 0 aliphatic rings. The van der Waals surface area contributed by atoms with Crippen molar-refractivity contribution in [3.8, 4) is 11.8 Å². The molecule has 3 aromatic rings. The summed E-state index contributed by atoms with van der Waals surface area (Å²) in [7, 11) is 0. The quantitative estimate of drug-likeness (QED) is 0.705. The highest BCUT2D eigenvalue weighted by molar-refractivity contribution is 7.09. The second kappa shape index (κ2) is 5.98. The van der Waals surface area contributed by atoms with Gasteiger partial charge in [-0.2, -0.15) is 5.26 Å². The van der Waals surface area contributed by atoms with Gasteiger partial charge in [-0.1, -0.05) is 19.1 Å². The number of thiazole rings is 1. The van der Waals surface area contributed by atoms with Gasteiger partial charge in [-0.3, -0.25) is 0 Å². The van der Waals surface area contributed by atoms with E-state index >= 15 is 0 Å². The summed E-state index contributed by atoms with van der Waals surface area (Å²) in [4.78, 5) is 4.51. The highest BCUT2D eigenvalue weighted by Gasteiger charge is 2.15. The zero-order chi connectivity index (χ0) is 14.7. The molecule has 106 valence electrons. The van der Waals surface area contributed by atoms with Gasteiger partial charge < -0.3 is 9.15 Å². The highest BCUT2D eigenvalue weighted by Crippen LogP contribution is 2.33. The number of ether oxygens (including phenoxy) is 1. The average molecular weight is 298 g/mol. The van der Waals surface area contributed by atoms with Crippen LogP contribution in [-0.4, -0.2) is 4.98 Å². The van der Waals surface area contributed by atoms with Gasteiger partial charge in [0.25, 0.3) is 0 Å². The molecule has 0 aliphatic heterocycles. The Morgan fingerprint density at radius 2 is 2.24 bits per heavy atom. The zero-order valence-electron chi connectivity index (χ0n) is 11.6. The van der Waals surface area contributed by atoms with Crippen LogP contribution in [0.3, 0.4) is 0 Å². The number of furan rings is 1. The molecule has 21 heavy (non-hydrogen) atoms. The van der Waals surface area contributed by atoms with E-state index in [1.807, 2.05) is 35.7 Å². The van der Waals surface area contributed by atoms with E-state index in [2.05, 4.69) is 11.9 Å². The summed E-state index contributed by atoms with van der Waals surface area (Å²) in [6, 6.07) is 9.52. The average Bonchev–Trinajstić information content (AvgIpc) is 3.09. The van der Waals surface area contributed by atoms with Crippen LogP contribution in [-0.2, 0) is 13.0 Å². The second-order valence-corrected chi connectivity index (χ2v) is 5.58. The summed E-state index contributed by atoms with van der Waals surface area (Å²) in [6.45, 7) is 2.48. The molecule has 2 aromatic heterocycles. The van der Waals surface area contributed by atoms with Crippen molar-refractivity contribution in [1.82, 2.24) is 4.98 Å². The molecule has 5 heteroatoms. The largest absolute Gasteiger partial charge is 0.482 e. The molecule has 1 aromatic carbocycles. The molecular weight excluding hydrogens is 284 g/mol. The molecule has 0 N–H and O–H groups in total. The number of aromatic nitrogens is 1. The molecule has 0 radical (unpaired) electrons. The SMILES string of the molecule is CCCc1nc(COc2c(C#N)oc3ccccc23)cs1. The van der Waals surface area contributed by atoms with Gasteiger partial charge in [0.15, 0.2) is 5.75 Å². The number of hydrogen-bond donors (Lipinski definition) is 0. The van der Waals surface area contributed by atoms with Gasteiger partial charge in [0.1, 0.15) is 18.3 Å². The normalized spacial score (nSPS) is 10.7. The topological polar surface area (TPSA) is 59.0 Å². The third-order valence-corrected chi connectivity index (χ3v) is 4.04. The molecule has 2 heterocycles. The minimum atomic E-state index is 0.209. The Kier molecular flexibility index (Phi) is 3.89. The summed E-state index contributed by atoms with van der Waals surface area (Å²) < 4.78 is 11.3. The molecule has 0 atom stereocenters. The standard InChI is InChI=1S/C16H14N2O2S/c1-2-5-15-18-11(10-21-15)9-19-16-12-6-3-4-7-13(12)20-14(16)8-17/h3-4,6-7,10H,2,5,9H2,1H3. The van der Waals surface area contributed by atoms with Gasteiger partial charge in [-0.05, 0) is 25.0 Å². The second-order valence-electron chi connectivity index (χ2n) is 4.64.